The van der Waals surface area contributed by atoms with Crippen LogP contribution in [0.1, 0.15) is 17.5 Å². The molecule has 186 valence electrons. The van der Waals surface area contributed by atoms with Gasteiger partial charge in [-0.15, -0.1) is 0 Å². The van der Waals surface area contributed by atoms with Crippen LogP contribution >= 0.6 is 15.9 Å². The van der Waals surface area contributed by atoms with Gasteiger partial charge in [-0.05, 0) is 42.0 Å². The SMILES string of the molecule is N#Cc1ccc(OCC(=O)N2N=C(c3ccc(Br)cc3)C[C@]2(O)C(F)(F)C(F)(F)C(F)(F)F)cc1. The largest absolute Gasteiger partial charge is 0.484 e. The fraction of sp³-hybridized carbons (Fsp3) is 0.286. The molecule has 35 heavy (non-hydrogen) atoms. The molecule has 1 amide bonds. The maximum atomic E-state index is 14.7. The van der Waals surface area contributed by atoms with Crippen molar-refractivity contribution in [1.82, 2.24) is 5.01 Å². The average Bonchev–Trinajstić information content (AvgIpc) is 3.16. The molecule has 14 heteroatoms. The lowest BCUT2D eigenvalue weighted by Gasteiger charge is -2.41. The van der Waals surface area contributed by atoms with Gasteiger partial charge in [0.2, 0.25) is 5.72 Å². The minimum atomic E-state index is -6.75. The topological polar surface area (TPSA) is 85.9 Å². The zero-order valence-corrected chi connectivity index (χ0v) is 18.7. The predicted octanol–water partition coefficient (Wildman–Crippen LogP) is 4.86. The van der Waals surface area contributed by atoms with Gasteiger partial charge in [-0.1, -0.05) is 28.1 Å². The highest BCUT2D eigenvalue weighted by atomic mass is 79.9. The first kappa shape index (κ1) is 26.4. The number of hydrogen-bond acceptors (Lipinski definition) is 5. The molecule has 0 spiro atoms. The summed E-state index contributed by atoms with van der Waals surface area (Å²) in [5.41, 5.74) is -4.71. The van der Waals surface area contributed by atoms with Gasteiger partial charge in [0.15, 0.2) is 6.61 Å². The highest BCUT2D eigenvalue weighted by molar-refractivity contribution is 9.10. The van der Waals surface area contributed by atoms with E-state index in [4.69, 9.17) is 10.00 Å². The second-order valence-corrected chi connectivity index (χ2v) is 8.24. The third-order valence-electron chi connectivity index (χ3n) is 5.00. The Balaban J connectivity index is 1.98. The molecule has 0 unspecified atom stereocenters. The number of ether oxygens (including phenoxy) is 1. The molecule has 6 nitrogen and oxygen atoms in total. The molecule has 1 N–H and O–H groups in total. The molecule has 0 bridgehead atoms. The fourth-order valence-corrected chi connectivity index (χ4v) is 3.38. The number of alkyl halides is 7. The number of rotatable bonds is 6. The Hall–Kier alpha value is -3.18. The molecule has 0 aromatic heterocycles. The van der Waals surface area contributed by atoms with Crippen LogP contribution in [0.25, 0.3) is 0 Å². The Morgan fingerprint density at radius 2 is 1.66 bits per heavy atom. The lowest BCUT2D eigenvalue weighted by Crippen LogP contribution is -2.69. The summed E-state index contributed by atoms with van der Waals surface area (Å²) in [6.07, 6.45) is -8.28. The normalized spacial score (nSPS) is 18.7. The lowest BCUT2D eigenvalue weighted by atomic mass is 9.91. The molecule has 3 rings (SSSR count). The Morgan fingerprint density at radius 3 is 2.17 bits per heavy atom. The highest BCUT2D eigenvalue weighted by Crippen LogP contribution is 2.54. The van der Waals surface area contributed by atoms with Gasteiger partial charge in [0.25, 0.3) is 5.91 Å². The van der Waals surface area contributed by atoms with E-state index in [1.807, 2.05) is 6.07 Å². The monoisotopic (exact) mass is 567 g/mol. The second kappa shape index (κ2) is 9.12. The molecule has 0 fully saturated rings. The van der Waals surface area contributed by atoms with E-state index in [0.29, 0.717) is 4.47 Å². The summed E-state index contributed by atoms with van der Waals surface area (Å²) in [6.45, 7) is -1.15. The molecule has 1 atom stereocenters. The van der Waals surface area contributed by atoms with E-state index in [9.17, 15) is 40.6 Å². The Kier molecular flexibility index (Phi) is 6.89. The van der Waals surface area contributed by atoms with Crippen molar-refractivity contribution in [2.45, 2.75) is 30.2 Å². The molecule has 1 heterocycles. The molecule has 1 aliphatic rings. The first-order valence-electron chi connectivity index (χ1n) is 9.48. The zero-order valence-electron chi connectivity index (χ0n) is 17.2. The molecule has 0 radical (unpaired) electrons. The van der Waals surface area contributed by atoms with Gasteiger partial charge in [-0.2, -0.15) is 46.1 Å². The van der Waals surface area contributed by atoms with Gasteiger partial charge in [-0.3, -0.25) is 4.79 Å². The van der Waals surface area contributed by atoms with E-state index in [1.54, 1.807) is 0 Å². The molecule has 0 aliphatic carbocycles. The number of nitriles is 1. The van der Waals surface area contributed by atoms with E-state index in [-0.39, 0.29) is 16.9 Å². The molecule has 0 saturated heterocycles. The Labute approximate surface area is 201 Å². The summed E-state index contributed by atoms with van der Waals surface area (Å²) < 4.78 is 101. The van der Waals surface area contributed by atoms with Crippen LogP contribution in [0, 0.1) is 11.3 Å². The number of aliphatic hydroxyl groups is 1. The maximum Gasteiger partial charge on any atom is 0.460 e. The van der Waals surface area contributed by atoms with Crippen LogP contribution in [0.15, 0.2) is 58.1 Å². The summed E-state index contributed by atoms with van der Waals surface area (Å²) in [4.78, 5) is 12.6. The number of halogens is 8. The molecule has 2 aromatic carbocycles. The molecular weight excluding hydrogens is 555 g/mol. The van der Waals surface area contributed by atoms with Gasteiger partial charge in [0.05, 0.1) is 17.3 Å². The van der Waals surface area contributed by atoms with E-state index < -0.39 is 53.4 Å². The first-order valence-corrected chi connectivity index (χ1v) is 10.3. The minimum Gasteiger partial charge on any atom is -0.484 e. The summed E-state index contributed by atoms with van der Waals surface area (Å²) in [5, 5.41) is 22.3. The average molecular weight is 568 g/mol. The smallest absolute Gasteiger partial charge is 0.460 e. The van der Waals surface area contributed by atoms with Gasteiger partial charge in [0.1, 0.15) is 5.75 Å². The summed E-state index contributed by atoms with van der Waals surface area (Å²) in [5.74, 6) is -14.6. The predicted molar refractivity (Wildman–Crippen MR) is 110 cm³/mol. The van der Waals surface area contributed by atoms with Crippen LogP contribution in [0.5, 0.6) is 5.75 Å². The van der Waals surface area contributed by atoms with Gasteiger partial charge >= 0.3 is 18.0 Å². The van der Waals surface area contributed by atoms with Gasteiger partial charge in [0, 0.05) is 10.9 Å². The van der Waals surface area contributed by atoms with Crippen molar-refractivity contribution >= 4 is 27.5 Å². The lowest BCUT2D eigenvalue weighted by molar-refractivity contribution is -0.401. The standard InChI is InChI=1S/C21H13BrF7N3O3/c22-14-5-3-13(4-6-14)16-9-18(34,19(23,24)20(25,26)21(27,28)29)32(31-16)17(33)11-35-15-7-1-12(10-30)2-8-15/h1-8,34H,9,11H2/t18-/m0/s1. The van der Waals surface area contributed by atoms with E-state index in [0.717, 1.165) is 0 Å². The third kappa shape index (κ3) is 4.70. The van der Waals surface area contributed by atoms with Crippen LogP contribution < -0.4 is 4.74 Å². The van der Waals surface area contributed by atoms with E-state index in [2.05, 4.69) is 21.0 Å². The molecule has 1 aliphatic heterocycles. The number of hydrazone groups is 1. The first-order chi connectivity index (χ1) is 16.1. The van der Waals surface area contributed by atoms with E-state index >= 15 is 0 Å². The maximum absolute atomic E-state index is 14.7. The molecular formula is C21H13BrF7N3O3. The van der Waals surface area contributed by atoms with Gasteiger partial charge in [-0.25, -0.2) is 0 Å². The Morgan fingerprint density at radius 1 is 1.09 bits per heavy atom. The van der Waals surface area contributed by atoms with Crippen LogP contribution in [0.4, 0.5) is 30.7 Å². The Bertz CT molecular complexity index is 1180. The van der Waals surface area contributed by atoms with Crippen LogP contribution in [-0.2, 0) is 4.79 Å². The minimum absolute atomic E-state index is 0.0129. The molecule has 0 saturated carbocycles. The summed E-state index contributed by atoms with van der Waals surface area (Å²) >= 11 is 3.11. The third-order valence-corrected chi connectivity index (χ3v) is 5.53. The number of nitrogens with zero attached hydrogens (tertiary/aromatic N) is 3. The van der Waals surface area contributed by atoms with Crippen molar-refractivity contribution in [2.24, 2.45) is 5.10 Å². The number of hydrogen-bond donors (Lipinski definition) is 1. The van der Waals surface area contributed by atoms with Crippen LogP contribution in [0.2, 0.25) is 0 Å². The van der Waals surface area contributed by atoms with Crippen molar-refractivity contribution < 1.29 is 45.4 Å². The molecule has 2 aromatic rings. The summed E-state index contributed by atoms with van der Waals surface area (Å²) in [6, 6.07) is 12.2. The van der Waals surface area contributed by atoms with Crippen LogP contribution in [0.3, 0.4) is 0 Å². The van der Waals surface area contributed by atoms with E-state index in [1.165, 1.54) is 48.5 Å². The number of carbonyl (C=O) groups excluding carboxylic acids is 1. The quantitative estimate of drug-likeness (QED) is 0.505. The second-order valence-electron chi connectivity index (χ2n) is 7.32. The van der Waals surface area contributed by atoms with Crippen molar-refractivity contribution in [3.05, 3.63) is 64.1 Å². The summed E-state index contributed by atoms with van der Waals surface area (Å²) in [7, 11) is 0. The zero-order chi connectivity index (χ0) is 26.2. The number of benzene rings is 2. The van der Waals surface area contributed by atoms with Crippen LogP contribution in [-0.4, -0.2) is 52.1 Å². The van der Waals surface area contributed by atoms with Crippen molar-refractivity contribution in [2.75, 3.05) is 6.61 Å². The van der Waals surface area contributed by atoms with Crippen molar-refractivity contribution in [1.29, 1.82) is 5.26 Å². The van der Waals surface area contributed by atoms with Gasteiger partial charge < -0.3 is 9.84 Å². The highest BCUT2D eigenvalue weighted by Gasteiger charge is 2.82. The number of carbonyl (C=O) groups is 1. The van der Waals surface area contributed by atoms with Crippen molar-refractivity contribution in [3.8, 4) is 11.8 Å². The van der Waals surface area contributed by atoms with Crippen molar-refractivity contribution in [3.63, 3.8) is 0 Å². The fourth-order valence-electron chi connectivity index (χ4n) is 3.12. The number of amides is 1.